The van der Waals surface area contributed by atoms with Crippen LogP contribution in [-0.4, -0.2) is 38.8 Å². The largest absolute Gasteiger partial charge is 0.480 e. The number of halogens is 4. The van der Waals surface area contributed by atoms with Crippen molar-refractivity contribution in [1.29, 1.82) is 0 Å². The number of aromatic nitrogens is 2. The second-order valence-corrected chi connectivity index (χ2v) is 8.43. The van der Waals surface area contributed by atoms with Crippen LogP contribution in [0.25, 0.3) is 0 Å². The van der Waals surface area contributed by atoms with E-state index in [1.807, 2.05) is 0 Å². The average molecular weight is 520 g/mol. The number of carbonyl (C=O) groups excluding carboxylic acids is 2. The van der Waals surface area contributed by atoms with Crippen LogP contribution in [-0.2, 0) is 23.8 Å². The number of aliphatic carboxylic acids is 1. The molecule has 3 rings (SSSR count). The summed E-state index contributed by atoms with van der Waals surface area (Å²) in [5.74, 6) is -2.58. The Bertz CT molecular complexity index is 1260. The van der Waals surface area contributed by atoms with Gasteiger partial charge >= 0.3 is 12.1 Å². The maximum absolute atomic E-state index is 13.1. The molecule has 0 aliphatic carbocycles. The van der Waals surface area contributed by atoms with E-state index in [1.54, 1.807) is 43.3 Å². The number of carboxylic acids is 1. The zero-order chi connectivity index (χ0) is 26.5. The lowest BCUT2D eigenvalue weighted by molar-refractivity contribution is -0.141. The van der Waals surface area contributed by atoms with Gasteiger partial charge < -0.3 is 10.4 Å². The summed E-state index contributed by atoms with van der Waals surface area (Å²) in [5.41, 5.74) is 0.210. The van der Waals surface area contributed by atoms with Gasteiger partial charge in [0.15, 0.2) is 11.5 Å². The van der Waals surface area contributed by atoms with Crippen LogP contribution in [0.5, 0.6) is 0 Å². The number of aryl methyl sites for hydroxylation is 2. The normalized spacial score (nSPS) is 12.1. The van der Waals surface area contributed by atoms with Crippen molar-refractivity contribution in [1.82, 2.24) is 15.3 Å². The van der Waals surface area contributed by atoms with Gasteiger partial charge in [-0.1, -0.05) is 48.0 Å². The molecule has 1 heterocycles. The zero-order valence-corrected chi connectivity index (χ0v) is 19.7. The summed E-state index contributed by atoms with van der Waals surface area (Å²) in [5, 5.41) is 12.3. The van der Waals surface area contributed by atoms with Crippen molar-refractivity contribution >= 4 is 29.3 Å². The quantitative estimate of drug-likeness (QED) is 0.397. The molecule has 0 aliphatic rings. The van der Waals surface area contributed by atoms with Gasteiger partial charge in [-0.05, 0) is 36.1 Å². The molecule has 1 aromatic heterocycles. The van der Waals surface area contributed by atoms with Gasteiger partial charge in [0.1, 0.15) is 12.4 Å². The lowest BCUT2D eigenvalue weighted by atomic mass is 9.99. The van der Waals surface area contributed by atoms with E-state index < -0.39 is 41.1 Å². The first-order valence-corrected chi connectivity index (χ1v) is 11.1. The number of benzene rings is 2. The third-order valence-electron chi connectivity index (χ3n) is 5.44. The first kappa shape index (κ1) is 26.8. The highest BCUT2D eigenvalue weighted by Crippen LogP contribution is 2.30. The van der Waals surface area contributed by atoms with Crippen molar-refractivity contribution in [2.45, 2.75) is 38.4 Å². The first-order valence-electron chi connectivity index (χ1n) is 10.7. The highest BCUT2D eigenvalue weighted by Gasteiger charge is 2.37. The fourth-order valence-corrected chi connectivity index (χ4v) is 3.89. The summed E-state index contributed by atoms with van der Waals surface area (Å²) >= 11 is 6.09. The molecule has 36 heavy (non-hydrogen) atoms. The molecule has 188 valence electrons. The number of ketones is 1. The van der Waals surface area contributed by atoms with E-state index in [4.69, 9.17) is 11.6 Å². The molecular weight excluding hydrogens is 499 g/mol. The summed E-state index contributed by atoms with van der Waals surface area (Å²) in [6, 6.07) is 10.2. The smallest absolute Gasteiger partial charge is 0.434 e. The Labute approximate surface area is 209 Å². The van der Waals surface area contributed by atoms with E-state index in [9.17, 15) is 32.7 Å². The number of hydrogen-bond donors (Lipinski definition) is 2. The van der Waals surface area contributed by atoms with E-state index >= 15 is 0 Å². The Morgan fingerprint density at radius 1 is 1.08 bits per heavy atom. The van der Waals surface area contributed by atoms with Gasteiger partial charge in [-0.2, -0.15) is 13.2 Å². The van der Waals surface area contributed by atoms with Gasteiger partial charge in [0.2, 0.25) is 0 Å². The van der Waals surface area contributed by atoms with Crippen LogP contribution in [0.4, 0.5) is 13.2 Å². The summed E-state index contributed by atoms with van der Waals surface area (Å²) in [4.78, 5) is 43.4. The van der Waals surface area contributed by atoms with Crippen LogP contribution in [0.3, 0.4) is 0 Å². The highest BCUT2D eigenvalue weighted by molar-refractivity contribution is 6.34. The van der Waals surface area contributed by atoms with Gasteiger partial charge in [-0.25, -0.2) is 14.8 Å². The second-order valence-electron chi connectivity index (χ2n) is 8.02. The highest BCUT2D eigenvalue weighted by atomic mass is 35.5. The average Bonchev–Trinajstić information content (AvgIpc) is 2.82. The van der Waals surface area contributed by atoms with Crippen LogP contribution < -0.4 is 5.32 Å². The molecule has 0 bridgehead atoms. The molecule has 0 spiro atoms. The van der Waals surface area contributed by atoms with Crippen molar-refractivity contribution in [3.8, 4) is 0 Å². The van der Waals surface area contributed by atoms with Crippen LogP contribution >= 0.6 is 11.6 Å². The molecule has 0 fully saturated rings. The number of amides is 1. The van der Waals surface area contributed by atoms with Gasteiger partial charge in [-0.15, -0.1) is 0 Å². The number of carbonyl (C=O) groups is 3. The van der Waals surface area contributed by atoms with E-state index in [-0.39, 0.29) is 29.8 Å². The van der Waals surface area contributed by atoms with Gasteiger partial charge in [-0.3, -0.25) is 9.59 Å². The number of Topliss-reactive ketones (excluding diaryl/α,β-unsaturated/α-hetero) is 1. The topological polar surface area (TPSA) is 109 Å². The molecular formula is C25H21ClF3N3O4. The summed E-state index contributed by atoms with van der Waals surface area (Å²) < 4.78 is 39.2. The second kappa shape index (κ2) is 11.3. The molecule has 3 aromatic rings. The maximum atomic E-state index is 13.1. The molecule has 11 heteroatoms. The molecule has 2 N–H and O–H groups in total. The molecule has 1 unspecified atom stereocenters. The predicted molar refractivity (Wildman–Crippen MR) is 125 cm³/mol. The fourth-order valence-electron chi connectivity index (χ4n) is 3.58. The Morgan fingerprint density at radius 2 is 1.75 bits per heavy atom. The minimum absolute atomic E-state index is 0.0138. The Balaban J connectivity index is 1.64. The SMILES string of the molecule is Cc1cccc(Cl)c1C(=O)NC(Cc1ccc(CCC(=O)c2cncnc2C(F)(F)F)cc1)C(=O)O. The third kappa shape index (κ3) is 6.66. The number of carboxylic acid groups (broad SMARTS) is 1. The third-order valence-corrected chi connectivity index (χ3v) is 5.75. The molecule has 1 amide bonds. The molecule has 2 aromatic carbocycles. The van der Waals surface area contributed by atoms with E-state index in [0.29, 0.717) is 16.7 Å². The number of nitrogens with zero attached hydrogens (tertiary/aromatic N) is 2. The van der Waals surface area contributed by atoms with Gasteiger partial charge in [0, 0.05) is 19.0 Å². The summed E-state index contributed by atoms with van der Waals surface area (Å²) in [7, 11) is 0. The van der Waals surface area contributed by atoms with E-state index in [1.165, 1.54) is 6.07 Å². The van der Waals surface area contributed by atoms with Crippen LogP contribution in [0.15, 0.2) is 55.0 Å². The minimum atomic E-state index is -4.77. The number of hydrogen-bond acceptors (Lipinski definition) is 5. The number of rotatable bonds is 9. The van der Waals surface area contributed by atoms with Crippen LogP contribution in [0.1, 0.15) is 49.5 Å². The molecule has 0 saturated carbocycles. The summed E-state index contributed by atoms with van der Waals surface area (Å²) in [6.07, 6.45) is -3.22. The predicted octanol–water partition coefficient (Wildman–Crippen LogP) is 4.70. The van der Waals surface area contributed by atoms with E-state index in [0.717, 1.165) is 12.5 Å². The van der Waals surface area contributed by atoms with Crippen LogP contribution in [0.2, 0.25) is 5.02 Å². The Kier molecular flexibility index (Phi) is 8.41. The Morgan fingerprint density at radius 3 is 2.36 bits per heavy atom. The molecule has 0 aliphatic heterocycles. The molecule has 7 nitrogen and oxygen atoms in total. The Hall–Kier alpha value is -3.79. The van der Waals surface area contributed by atoms with Crippen molar-refractivity contribution < 1.29 is 32.7 Å². The van der Waals surface area contributed by atoms with Gasteiger partial charge in [0.05, 0.1) is 16.1 Å². The number of nitrogens with one attached hydrogen (secondary N) is 1. The van der Waals surface area contributed by atoms with Gasteiger partial charge in [0.25, 0.3) is 5.91 Å². The van der Waals surface area contributed by atoms with E-state index in [2.05, 4.69) is 15.3 Å². The standard InChI is InChI=1S/C25H21ClF3N3O4/c1-14-3-2-4-18(26)21(14)23(34)32-19(24(35)36)11-16-7-5-15(6-8-16)9-10-20(33)17-12-30-13-31-22(17)25(27,28)29/h2-8,12-13,19H,9-11H2,1H3,(H,32,34)(H,35,36). The molecule has 0 radical (unpaired) electrons. The fraction of sp³-hybridized carbons (Fsp3) is 0.240. The lowest BCUT2D eigenvalue weighted by Gasteiger charge is -2.16. The first-order chi connectivity index (χ1) is 17.0. The zero-order valence-electron chi connectivity index (χ0n) is 19.0. The van der Waals surface area contributed by atoms with Crippen molar-refractivity contribution in [2.24, 2.45) is 0 Å². The molecule has 0 saturated heterocycles. The molecule has 1 atom stereocenters. The number of alkyl halides is 3. The minimum Gasteiger partial charge on any atom is -0.480 e. The lowest BCUT2D eigenvalue weighted by Crippen LogP contribution is -2.42. The van der Waals surface area contributed by atoms with Crippen molar-refractivity contribution in [3.63, 3.8) is 0 Å². The van der Waals surface area contributed by atoms with Crippen LogP contribution in [0, 0.1) is 6.92 Å². The maximum Gasteiger partial charge on any atom is 0.434 e. The van der Waals surface area contributed by atoms with Crippen molar-refractivity contribution in [3.05, 3.63) is 93.5 Å². The monoisotopic (exact) mass is 519 g/mol. The summed E-state index contributed by atoms with van der Waals surface area (Å²) in [6.45, 7) is 1.69. The van der Waals surface area contributed by atoms with Crippen molar-refractivity contribution in [2.75, 3.05) is 0 Å².